The molecule has 0 amide bonds. The number of nitrogens with two attached hydrogens (primary N) is 1. The Kier molecular flexibility index (Phi) is 26.0. The summed E-state index contributed by atoms with van der Waals surface area (Å²) >= 11 is 0. The van der Waals surface area contributed by atoms with Crippen LogP contribution in [0.2, 0.25) is 0 Å². The van der Waals surface area contributed by atoms with Crippen molar-refractivity contribution < 1.29 is 84.4 Å². The summed E-state index contributed by atoms with van der Waals surface area (Å²) in [4.78, 5) is 27.0. The third kappa shape index (κ3) is 29.6. The molecule has 5 rings (SSSR count). The molecule has 0 saturated heterocycles. The van der Waals surface area contributed by atoms with Gasteiger partial charge in [0.15, 0.2) is 0 Å². The van der Waals surface area contributed by atoms with E-state index in [2.05, 4.69) is 19.9 Å². The second-order valence-corrected chi connectivity index (χ2v) is 9.97. The van der Waals surface area contributed by atoms with Gasteiger partial charge in [0.05, 0.1) is 34.8 Å². The van der Waals surface area contributed by atoms with Gasteiger partial charge in [0.2, 0.25) is 0 Å². The molecule has 0 fully saturated rings. The number of aliphatic carboxylic acids is 1. The number of nitrogens with zero attached hydrogens (tertiary/aromatic N) is 5. The van der Waals surface area contributed by atoms with E-state index in [1.807, 2.05) is 103 Å². The van der Waals surface area contributed by atoms with Gasteiger partial charge in [-0.3, -0.25) is 19.9 Å². The Morgan fingerprint density at radius 1 is 0.620 bits per heavy atom. The van der Waals surface area contributed by atoms with Gasteiger partial charge in [-0.25, -0.2) is 37.3 Å². The van der Waals surface area contributed by atoms with E-state index in [-0.39, 0.29) is 16.8 Å². The molecule has 0 aliphatic rings. The van der Waals surface area contributed by atoms with Crippen molar-refractivity contribution in [3.8, 4) is 28.8 Å². The second kappa shape index (κ2) is 27.3. The predicted octanol–water partition coefficient (Wildman–Crippen LogP) is -5.39. The van der Waals surface area contributed by atoms with E-state index in [4.69, 9.17) is 48.3 Å². The third-order valence-corrected chi connectivity index (χ3v) is 4.79. The zero-order chi connectivity index (χ0) is 37.1. The van der Waals surface area contributed by atoms with Crippen LogP contribution in [0.1, 0.15) is 12.5 Å². The summed E-state index contributed by atoms with van der Waals surface area (Å²) in [7, 11) is -9.89. The normalized spacial score (nSPS) is 10.2. The van der Waals surface area contributed by atoms with Crippen LogP contribution < -0.4 is 48.1 Å². The summed E-state index contributed by atoms with van der Waals surface area (Å²) < 4.78 is 67.9. The zero-order valence-corrected chi connectivity index (χ0v) is 28.4. The number of benzene rings is 1. The molecule has 1 aromatic carbocycles. The van der Waals surface area contributed by atoms with Gasteiger partial charge in [-0.15, -0.1) is 20.5 Å². The summed E-state index contributed by atoms with van der Waals surface area (Å²) in [5.74, 6) is -1.21. The van der Waals surface area contributed by atoms with Gasteiger partial charge in [0.25, 0.3) is 0 Å². The molecule has 4 aromatic heterocycles. The van der Waals surface area contributed by atoms with E-state index in [0.717, 1.165) is 28.3 Å². The zero-order valence-electron chi connectivity index (χ0n) is 25.9. The van der Waals surface area contributed by atoms with Gasteiger partial charge in [-0.2, -0.15) is 5.26 Å². The first-order valence-corrected chi connectivity index (χ1v) is 15.7. The van der Waals surface area contributed by atoms with E-state index in [0.29, 0.717) is 6.42 Å². The first kappa shape index (κ1) is 47.6. The number of halogens is 2. The molecule has 0 aliphatic heterocycles. The van der Waals surface area contributed by atoms with E-state index < -0.39 is 32.5 Å². The van der Waals surface area contributed by atoms with Crippen LogP contribution in [0.25, 0.3) is 22.8 Å². The summed E-state index contributed by atoms with van der Waals surface area (Å²) in [6.07, 6.45) is 7.39. The monoisotopic (exact) mass is 774 g/mol. The molecule has 0 radical (unpaired) electrons. The van der Waals surface area contributed by atoms with Crippen LogP contribution in [0.4, 0.5) is 0 Å². The van der Waals surface area contributed by atoms with E-state index >= 15 is 0 Å². The van der Waals surface area contributed by atoms with Crippen molar-refractivity contribution in [2.75, 3.05) is 0 Å². The quantitative estimate of drug-likeness (QED) is 0.174. The van der Waals surface area contributed by atoms with Gasteiger partial charge < -0.3 is 15.6 Å². The number of rotatable bonds is 5. The Labute approximate surface area is 302 Å². The number of carboxylic acids is 1. The Morgan fingerprint density at radius 2 is 0.860 bits per heavy atom. The molecule has 16 nitrogen and oxygen atoms in total. The van der Waals surface area contributed by atoms with Crippen LogP contribution in [0.5, 0.6) is 0 Å². The van der Waals surface area contributed by atoms with Crippen molar-refractivity contribution in [2.24, 2.45) is 5.73 Å². The van der Waals surface area contributed by atoms with Crippen LogP contribution in [0.15, 0.2) is 128 Å². The number of hydrogen-bond donors (Lipinski definition) is 1. The minimum atomic E-state index is -4.94. The number of hydrogen-bond acceptors (Lipinski definition) is 16. The summed E-state index contributed by atoms with van der Waals surface area (Å²) in [6.45, 7) is 1.43. The maximum Gasteiger partial charge on any atom is 3.00 e. The van der Waals surface area contributed by atoms with Gasteiger partial charge in [-0.1, -0.05) is 54.6 Å². The molecule has 1 atom stereocenters. The molecule has 50 heavy (non-hydrogen) atoms. The molecule has 0 bridgehead atoms. The summed E-state index contributed by atoms with van der Waals surface area (Å²) in [6, 6.07) is 33.3. The van der Waals surface area contributed by atoms with E-state index in [1.165, 1.54) is 6.92 Å². The van der Waals surface area contributed by atoms with E-state index in [1.54, 1.807) is 30.9 Å². The summed E-state index contributed by atoms with van der Waals surface area (Å²) in [5.41, 5.74) is 9.86. The number of carbonyl (C=O) groups is 1. The molecule has 0 unspecified atom stereocenters. The standard InChI is InChI=1S/2C10H8N2.C9H11NO2.C2H3N.2ClHO4.Co/c2*1-3-7-11-9(5-1)10-6-2-4-8-12-10;10-8(9(11)12)6-7-4-2-1-3-5-7;1-2-3;2*2-1(3,4)5;/h2*1-8H;1-5,8H,6,10H2,(H,11,12);1H3;2*(H,2,3,4,5);/q;;;;;;+3/p-3/t;;8-;;;;/m..0..../s1. The Hall–Kier alpha value is -4.49. The number of carboxylic acid groups (broad SMARTS) is 1. The SMILES string of the molecule is CC#N.N[C@@H](Cc1ccccc1)C(=O)[O-].[Co+3].[O-][Cl+3]([O-])([O-])[O-].[O-][Cl+3]([O-])([O-])[O-].c1ccc(-c2ccccn2)nc1.c1ccc(-c2ccccn2)nc1. The van der Waals surface area contributed by atoms with Gasteiger partial charge in [-0.05, 0) is 60.5 Å². The molecule has 2 N–H and O–H groups in total. The minimum absolute atomic E-state index is 0. The molecule has 0 saturated carbocycles. The first-order valence-electron chi connectivity index (χ1n) is 13.2. The molecule has 4 heterocycles. The number of pyridine rings is 4. The maximum absolute atomic E-state index is 10.3. The van der Waals surface area contributed by atoms with Crippen molar-refractivity contribution in [3.05, 3.63) is 133 Å². The van der Waals surface area contributed by atoms with Crippen LogP contribution in [0.3, 0.4) is 0 Å². The average molecular weight is 775 g/mol. The molecular formula is C31H29Cl2CoN6O10. The van der Waals surface area contributed by atoms with Crippen molar-refractivity contribution >= 4 is 5.97 Å². The maximum atomic E-state index is 10.3. The topological polar surface area (TPSA) is 326 Å². The molecule has 266 valence electrons. The third-order valence-electron chi connectivity index (χ3n) is 4.79. The summed E-state index contributed by atoms with van der Waals surface area (Å²) in [5, 5.41) is 17.6. The number of nitriles is 1. The predicted molar refractivity (Wildman–Crippen MR) is 149 cm³/mol. The van der Waals surface area contributed by atoms with E-state index in [9.17, 15) is 9.90 Å². The fourth-order valence-electron chi connectivity index (χ4n) is 3.01. The fourth-order valence-corrected chi connectivity index (χ4v) is 3.01. The molecule has 19 heteroatoms. The molecular weight excluding hydrogens is 746 g/mol. The minimum Gasteiger partial charge on any atom is -0.548 e. The average Bonchev–Trinajstić information content (AvgIpc) is 3.06. The van der Waals surface area contributed by atoms with Crippen molar-refractivity contribution in [3.63, 3.8) is 0 Å². The van der Waals surface area contributed by atoms with Crippen LogP contribution in [-0.4, -0.2) is 31.9 Å². The Morgan fingerprint density at radius 3 is 1.06 bits per heavy atom. The van der Waals surface area contributed by atoms with Crippen molar-refractivity contribution in [1.82, 2.24) is 19.9 Å². The molecule has 5 aromatic rings. The largest absolute Gasteiger partial charge is 3.00 e. The first-order chi connectivity index (χ1) is 23.0. The van der Waals surface area contributed by atoms with Gasteiger partial charge in [0, 0.05) is 37.8 Å². The van der Waals surface area contributed by atoms with Crippen molar-refractivity contribution in [2.45, 2.75) is 19.4 Å². The number of aromatic nitrogens is 4. The van der Waals surface area contributed by atoms with Crippen LogP contribution in [-0.2, 0) is 28.0 Å². The fraction of sp³-hybridized carbons (Fsp3) is 0.0968. The van der Waals surface area contributed by atoms with Crippen LogP contribution in [0, 0.1) is 31.8 Å². The second-order valence-electron chi connectivity index (χ2n) is 8.45. The van der Waals surface area contributed by atoms with Crippen molar-refractivity contribution in [1.29, 1.82) is 5.26 Å². The smallest absolute Gasteiger partial charge is 0.548 e. The Balaban J connectivity index is 0. The molecule has 0 aliphatic carbocycles. The molecule has 0 spiro atoms. The number of carbonyl (C=O) groups excluding carboxylic acids is 1. The van der Waals surface area contributed by atoms with Gasteiger partial charge >= 0.3 is 16.8 Å². The van der Waals surface area contributed by atoms with Crippen LogP contribution >= 0.6 is 0 Å². The Bertz CT molecular complexity index is 1420. The van der Waals surface area contributed by atoms with Gasteiger partial charge in [0.1, 0.15) is 0 Å².